The van der Waals surface area contributed by atoms with Crippen LogP contribution in [0.1, 0.15) is 37.3 Å². The number of carbonyl (C=O) groups excluding carboxylic acids is 1. The molecule has 1 N–H and O–H groups in total. The highest BCUT2D eigenvalue weighted by Crippen LogP contribution is 2.08. The summed E-state index contributed by atoms with van der Waals surface area (Å²) < 4.78 is 10.9. The van der Waals surface area contributed by atoms with E-state index in [0.717, 1.165) is 38.9 Å². The highest BCUT2D eigenvalue weighted by Gasteiger charge is 2.13. The van der Waals surface area contributed by atoms with Crippen molar-refractivity contribution in [2.75, 3.05) is 19.8 Å². The van der Waals surface area contributed by atoms with E-state index >= 15 is 0 Å². The molecule has 2 rings (SSSR count). The molecule has 21 heavy (non-hydrogen) atoms. The third-order valence-electron chi connectivity index (χ3n) is 3.67. The van der Waals surface area contributed by atoms with Crippen LogP contribution in [0.15, 0.2) is 24.3 Å². The van der Waals surface area contributed by atoms with Gasteiger partial charge in [-0.1, -0.05) is 31.2 Å². The van der Waals surface area contributed by atoms with Crippen LogP contribution < -0.4 is 5.32 Å². The molecule has 116 valence electrons. The molecule has 1 aliphatic heterocycles. The smallest absolute Gasteiger partial charge is 0.220 e. The molecule has 0 aromatic heterocycles. The Morgan fingerprint density at radius 3 is 2.52 bits per heavy atom. The SMILES string of the molecule is CCc1ccc(CCC(=O)NCCC2OCCCO2)cc1. The summed E-state index contributed by atoms with van der Waals surface area (Å²) in [7, 11) is 0. The standard InChI is InChI=1S/C17H25NO3/c1-2-14-4-6-15(7-5-14)8-9-16(19)18-11-10-17-20-12-3-13-21-17/h4-7,17H,2-3,8-13H2,1H3,(H,18,19). The number of hydrogen-bond donors (Lipinski definition) is 1. The Balaban J connectivity index is 1.60. The zero-order chi connectivity index (χ0) is 14.9. The van der Waals surface area contributed by atoms with E-state index in [4.69, 9.17) is 9.47 Å². The van der Waals surface area contributed by atoms with Crippen LogP contribution in [-0.4, -0.2) is 32.0 Å². The topological polar surface area (TPSA) is 47.6 Å². The molecule has 1 aromatic carbocycles. The maximum absolute atomic E-state index is 11.8. The second-order valence-corrected chi connectivity index (χ2v) is 5.33. The molecule has 1 saturated heterocycles. The molecule has 1 heterocycles. The normalized spacial score (nSPS) is 15.9. The first-order chi connectivity index (χ1) is 10.3. The molecule has 0 spiro atoms. The van der Waals surface area contributed by atoms with E-state index in [-0.39, 0.29) is 12.2 Å². The molecule has 4 nitrogen and oxygen atoms in total. The Kier molecular flexibility index (Phi) is 6.70. The molecule has 1 fully saturated rings. The largest absolute Gasteiger partial charge is 0.356 e. The predicted molar refractivity (Wildman–Crippen MR) is 82.1 cm³/mol. The first kappa shape index (κ1) is 16.0. The highest BCUT2D eigenvalue weighted by atomic mass is 16.7. The van der Waals surface area contributed by atoms with E-state index in [0.29, 0.717) is 13.0 Å². The Labute approximate surface area is 126 Å². The fraction of sp³-hybridized carbons (Fsp3) is 0.588. The molecular weight excluding hydrogens is 266 g/mol. The Morgan fingerprint density at radius 2 is 1.86 bits per heavy atom. The van der Waals surface area contributed by atoms with Crippen LogP contribution in [-0.2, 0) is 27.1 Å². The quantitative estimate of drug-likeness (QED) is 0.839. The fourth-order valence-corrected chi connectivity index (χ4v) is 2.32. The maximum Gasteiger partial charge on any atom is 0.220 e. The van der Waals surface area contributed by atoms with Crippen molar-refractivity contribution in [3.8, 4) is 0 Å². The van der Waals surface area contributed by atoms with Crippen molar-refractivity contribution in [2.24, 2.45) is 0 Å². The molecular formula is C17H25NO3. The minimum atomic E-state index is -0.152. The van der Waals surface area contributed by atoms with E-state index < -0.39 is 0 Å². The van der Waals surface area contributed by atoms with E-state index in [9.17, 15) is 4.79 Å². The van der Waals surface area contributed by atoms with Crippen LogP contribution in [0.4, 0.5) is 0 Å². The van der Waals surface area contributed by atoms with E-state index in [2.05, 4.69) is 36.5 Å². The van der Waals surface area contributed by atoms with Crippen LogP contribution in [0.2, 0.25) is 0 Å². The summed E-state index contributed by atoms with van der Waals surface area (Å²) in [4.78, 5) is 11.8. The van der Waals surface area contributed by atoms with Crippen molar-refractivity contribution >= 4 is 5.91 Å². The van der Waals surface area contributed by atoms with Gasteiger partial charge in [0.15, 0.2) is 6.29 Å². The third-order valence-corrected chi connectivity index (χ3v) is 3.67. The monoisotopic (exact) mass is 291 g/mol. The van der Waals surface area contributed by atoms with Gasteiger partial charge in [-0.15, -0.1) is 0 Å². The van der Waals surface area contributed by atoms with Crippen molar-refractivity contribution < 1.29 is 14.3 Å². The van der Waals surface area contributed by atoms with Gasteiger partial charge >= 0.3 is 0 Å². The van der Waals surface area contributed by atoms with Crippen LogP contribution in [0.5, 0.6) is 0 Å². The second-order valence-electron chi connectivity index (χ2n) is 5.33. The summed E-state index contributed by atoms with van der Waals surface area (Å²) in [5, 5.41) is 2.92. The number of rotatable bonds is 7. The Hall–Kier alpha value is -1.39. The van der Waals surface area contributed by atoms with Crippen molar-refractivity contribution in [3.05, 3.63) is 35.4 Å². The summed E-state index contributed by atoms with van der Waals surface area (Å²) >= 11 is 0. The molecule has 1 aromatic rings. The zero-order valence-electron chi connectivity index (χ0n) is 12.8. The average molecular weight is 291 g/mol. The summed E-state index contributed by atoms with van der Waals surface area (Å²) in [5.74, 6) is 0.0883. The Morgan fingerprint density at radius 1 is 1.19 bits per heavy atom. The summed E-state index contributed by atoms with van der Waals surface area (Å²) in [5.41, 5.74) is 2.54. The molecule has 0 saturated carbocycles. The molecule has 1 aliphatic rings. The van der Waals surface area contributed by atoms with Gasteiger partial charge in [0.05, 0.1) is 13.2 Å². The van der Waals surface area contributed by atoms with Crippen LogP contribution in [0.25, 0.3) is 0 Å². The first-order valence-corrected chi connectivity index (χ1v) is 7.85. The average Bonchev–Trinajstić information content (AvgIpc) is 2.54. The molecule has 1 amide bonds. The number of ether oxygens (including phenoxy) is 2. The van der Waals surface area contributed by atoms with Gasteiger partial charge in [-0.2, -0.15) is 0 Å². The summed E-state index contributed by atoms with van der Waals surface area (Å²) in [6.45, 7) is 4.26. The zero-order valence-corrected chi connectivity index (χ0v) is 12.8. The number of carbonyl (C=O) groups is 1. The van der Waals surface area contributed by atoms with Crippen molar-refractivity contribution in [2.45, 2.75) is 45.3 Å². The lowest BCUT2D eigenvalue weighted by atomic mass is 10.1. The molecule has 4 heteroatoms. The number of nitrogens with one attached hydrogen (secondary N) is 1. The lowest BCUT2D eigenvalue weighted by Gasteiger charge is -2.23. The fourth-order valence-electron chi connectivity index (χ4n) is 2.32. The van der Waals surface area contributed by atoms with Gasteiger partial charge in [-0.05, 0) is 30.4 Å². The van der Waals surface area contributed by atoms with Gasteiger partial charge < -0.3 is 14.8 Å². The minimum Gasteiger partial charge on any atom is -0.356 e. The van der Waals surface area contributed by atoms with Crippen molar-refractivity contribution in [1.29, 1.82) is 0 Å². The van der Waals surface area contributed by atoms with Gasteiger partial charge in [-0.3, -0.25) is 4.79 Å². The van der Waals surface area contributed by atoms with Crippen LogP contribution in [0.3, 0.4) is 0 Å². The summed E-state index contributed by atoms with van der Waals surface area (Å²) in [6, 6.07) is 8.47. The molecule has 0 unspecified atom stereocenters. The van der Waals surface area contributed by atoms with E-state index in [1.165, 1.54) is 11.1 Å². The second kappa shape index (κ2) is 8.80. The summed E-state index contributed by atoms with van der Waals surface area (Å²) in [6.07, 6.45) is 3.88. The molecule has 0 aliphatic carbocycles. The number of hydrogen-bond acceptors (Lipinski definition) is 3. The lowest BCUT2D eigenvalue weighted by molar-refractivity contribution is -0.180. The molecule has 0 atom stereocenters. The minimum absolute atomic E-state index is 0.0883. The van der Waals surface area contributed by atoms with Gasteiger partial charge in [0.1, 0.15) is 0 Å². The van der Waals surface area contributed by atoms with Crippen LogP contribution in [0, 0.1) is 0 Å². The Bertz CT molecular complexity index is 424. The predicted octanol–water partition coefficient (Wildman–Crippen LogP) is 2.45. The molecule has 0 bridgehead atoms. The van der Waals surface area contributed by atoms with E-state index in [1.54, 1.807) is 0 Å². The third kappa shape index (κ3) is 5.86. The highest BCUT2D eigenvalue weighted by molar-refractivity contribution is 5.76. The number of benzene rings is 1. The van der Waals surface area contributed by atoms with Gasteiger partial charge in [0.2, 0.25) is 5.91 Å². The lowest BCUT2D eigenvalue weighted by Crippen LogP contribution is -2.31. The maximum atomic E-state index is 11.8. The van der Waals surface area contributed by atoms with Gasteiger partial charge in [0, 0.05) is 19.4 Å². The molecule has 0 radical (unpaired) electrons. The van der Waals surface area contributed by atoms with Gasteiger partial charge in [-0.25, -0.2) is 0 Å². The van der Waals surface area contributed by atoms with Crippen LogP contribution >= 0.6 is 0 Å². The number of aryl methyl sites for hydroxylation is 2. The van der Waals surface area contributed by atoms with Crippen molar-refractivity contribution in [3.63, 3.8) is 0 Å². The first-order valence-electron chi connectivity index (χ1n) is 7.85. The number of amides is 1. The van der Waals surface area contributed by atoms with Gasteiger partial charge in [0.25, 0.3) is 0 Å². The van der Waals surface area contributed by atoms with Crippen molar-refractivity contribution in [1.82, 2.24) is 5.32 Å². The van der Waals surface area contributed by atoms with E-state index in [1.807, 2.05) is 0 Å².